The summed E-state index contributed by atoms with van der Waals surface area (Å²) < 4.78 is 1.08. The van der Waals surface area contributed by atoms with Crippen LogP contribution in [0.3, 0.4) is 0 Å². The van der Waals surface area contributed by atoms with Crippen LogP contribution in [0.1, 0.15) is 17.0 Å². The van der Waals surface area contributed by atoms with Crippen LogP contribution in [0.25, 0.3) is 10.8 Å². The minimum Gasteiger partial charge on any atom is -0.369 e. The van der Waals surface area contributed by atoms with Gasteiger partial charge in [0.15, 0.2) is 0 Å². The highest BCUT2D eigenvalue weighted by molar-refractivity contribution is 9.10. The van der Waals surface area contributed by atoms with Gasteiger partial charge < -0.3 is 5.32 Å². The number of halogens is 1. The summed E-state index contributed by atoms with van der Waals surface area (Å²) in [4.78, 5) is 4.50. The first-order chi connectivity index (χ1) is 10.3. The molecule has 1 aromatic heterocycles. The molecule has 1 unspecified atom stereocenters. The molecular weight excluding hydrogens is 324 g/mol. The molecule has 4 rings (SSSR count). The predicted molar refractivity (Wildman–Crippen MR) is 90.8 cm³/mol. The molecule has 0 bridgehead atoms. The lowest BCUT2D eigenvalue weighted by Crippen LogP contribution is -2.24. The molecular formula is C18H15BrN2. The topological polar surface area (TPSA) is 24.9 Å². The van der Waals surface area contributed by atoms with Crippen LogP contribution >= 0.6 is 15.9 Å². The van der Waals surface area contributed by atoms with E-state index >= 15 is 0 Å². The maximum Gasteiger partial charge on any atom is 0.133 e. The van der Waals surface area contributed by atoms with Crippen LogP contribution in [0.5, 0.6) is 0 Å². The van der Waals surface area contributed by atoms with E-state index in [1.54, 1.807) is 0 Å². The van der Waals surface area contributed by atoms with Crippen LogP contribution in [0.2, 0.25) is 0 Å². The summed E-state index contributed by atoms with van der Waals surface area (Å²) in [5.74, 6) is 1.57. The van der Waals surface area contributed by atoms with Crippen molar-refractivity contribution in [3.8, 4) is 0 Å². The monoisotopic (exact) mass is 338 g/mol. The molecule has 0 radical (unpaired) electrons. The lowest BCUT2D eigenvalue weighted by molar-refractivity contribution is 0.635. The van der Waals surface area contributed by atoms with Crippen LogP contribution in [0.15, 0.2) is 59.2 Å². The Balaban J connectivity index is 1.57. The Morgan fingerprint density at radius 3 is 2.95 bits per heavy atom. The number of benzene rings is 2. The van der Waals surface area contributed by atoms with Crippen molar-refractivity contribution in [3.05, 3.63) is 70.3 Å². The molecule has 1 heterocycles. The molecule has 2 aromatic carbocycles. The number of pyridine rings is 1. The zero-order chi connectivity index (χ0) is 14.2. The lowest BCUT2D eigenvalue weighted by Gasteiger charge is -2.30. The quantitative estimate of drug-likeness (QED) is 0.745. The molecule has 1 N–H and O–H groups in total. The highest BCUT2D eigenvalue weighted by atomic mass is 79.9. The van der Waals surface area contributed by atoms with Gasteiger partial charge in [-0.2, -0.15) is 0 Å². The molecule has 0 amide bonds. The number of anilines is 1. The minimum absolute atomic E-state index is 0.602. The number of fused-ring (bicyclic) bond motifs is 2. The summed E-state index contributed by atoms with van der Waals surface area (Å²) in [5, 5.41) is 5.90. The third kappa shape index (κ3) is 2.32. The zero-order valence-corrected chi connectivity index (χ0v) is 13.1. The van der Waals surface area contributed by atoms with E-state index in [-0.39, 0.29) is 0 Å². The fourth-order valence-corrected chi connectivity index (χ4v) is 3.41. The van der Waals surface area contributed by atoms with Crippen LogP contribution in [-0.2, 0) is 6.42 Å². The highest BCUT2D eigenvalue weighted by Gasteiger charge is 2.25. The molecule has 3 aromatic rings. The van der Waals surface area contributed by atoms with Gasteiger partial charge in [-0.05, 0) is 41.1 Å². The average Bonchev–Trinajstić information content (AvgIpc) is 2.48. The third-order valence-electron chi connectivity index (χ3n) is 4.21. The Hall–Kier alpha value is -1.87. The second-order valence-electron chi connectivity index (χ2n) is 5.51. The summed E-state index contributed by atoms with van der Waals surface area (Å²) in [6, 6.07) is 17.0. The number of rotatable bonds is 3. The third-order valence-corrected chi connectivity index (χ3v) is 4.70. The Morgan fingerprint density at radius 2 is 2.05 bits per heavy atom. The van der Waals surface area contributed by atoms with Gasteiger partial charge in [-0.1, -0.05) is 46.3 Å². The van der Waals surface area contributed by atoms with Crippen molar-refractivity contribution in [2.75, 3.05) is 11.9 Å². The Bertz CT molecular complexity index is 813. The first-order valence-electron chi connectivity index (χ1n) is 7.17. The fraction of sp³-hybridized carbons (Fsp3) is 0.167. The highest BCUT2D eigenvalue weighted by Crippen LogP contribution is 2.35. The van der Waals surface area contributed by atoms with E-state index < -0.39 is 0 Å². The van der Waals surface area contributed by atoms with Crippen LogP contribution in [0, 0.1) is 0 Å². The second kappa shape index (κ2) is 5.15. The number of hydrogen-bond donors (Lipinski definition) is 1. The molecule has 104 valence electrons. The van der Waals surface area contributed by atoms with E-state index in [4.69, 9.17) is 0 Å². The summed E-state index contributed by atoms with van der Waals surface area (Å²) in [5.41, 5.74) is 2.96. The first-order valence-corrected chi connectivity index (χ1v) is 7.96. The molecule has 1 aliphatic carbocycles. The molecule has 0 aliphatic heterocycles. The van der Waals surface area contributed by atoms with Crippen LogP contribution < -0.4 is 5.32 Å². The summed E-state index contributed by atoms with van der Waals surface area (Å²) in [7, 11) is 0. The Labute approximate surface area is 132 Å². The van der Waals surface area contributed by atoms with Gasteiger partial charge in [-0.25, -0.2) is 4.98 Å². The van der Waals surface area contributed by atoms with E-state index in [1.807, 2.05) is 12.3 Å². The standard InChI is InChI=1S/C18H15BrN2/c19-15-6-5-12-7-8-20-18(17(12)10-15)21-11-14-9-13-3-1-2-4-16(13)14/h1-8,10,14H,9,11H2,(H,20,21). The Kier molecular flexibility index (Phi) is 3.15. The maximum absolute atomic E-state index is 4.50. The largest absolute Gasteiger partial charge is 0.369 e. The van der Waals surface area contributed by atoms with Crippen molar-refractivity contribution in [1.82, 2.24) is 4.98 Å². The molecule has 1 aliphatic rings. The van der Waals surface area contributed by atoms with Gasteiger partial charge in [0.05, 0.1) is 0 Å². The van der Waals surface area contributed by atoms with Crippen molar-refractivity contribution in [3.63, 3.8) is 0 Å². The molecule has 0 saturated carbocycles. The van der Waals surface area contributed by atoms with Gasteiger partial charge in [0.25, 0.3) is 0 Å². The fourth-order valence-electron chi connectivity index (χ4n) is 3.05. The maximum atomic E-state index is 4.50. The van der Waals surface area contributed by atoms with Crippen molar-refractivity contribution in [2.45, 2.75) is 12.3 Å². The molecule has 0 spiro atoms. The molecule has 3 heteroatoms. The predicted octanol–water partition coefficient (Wildman–Crippen LogP) is 4.75. The van der Waals surface area contributed by atoms with Crippen molar-refractivity contribution >= 4 is 32.5 Å². The lowest BCUT2D eigenvalue weighted by atomic mass is 9.77. The molecule has 2 nitrogen and oxygen atoms in total. The summed E-state index contributed by atoms with van der Waals surface area (Å²) >= 11 is 3.54. The average molecular weight is 339 g/mol. The van der Waals surface area contributed by atoms with E-state index in [0.717, 1.165) is 23.3 Å². The molecule has 0 fully saturated rings. The number of nitrogens with one attached hydrogen (secondary N) is 1. The van der Waals surface area contributed by atoms with Gasteiger partial charge in [-0.15, -0.1) is 0 Å². The van der Waals surface area contributed by atoms with Gasteiger partial charge in [0.2, 0.25) is 0 Å². The SMILES string of the molecule is Brc1ccc2ccnc(NCC3Cc4ccccc43)c2c1. The minimum atomic E-state index is 0.602. The van der Waals surface area contributed by atoms with Crippen LogP contribution in [-0.4, -0.2) is 11.5 Å². The van der Waals surface area contributed by atoms with Gasteiger partial charge >= 0.3 is 0 Å². The molecule has 1 atom stereocenters. The second-order valence-corrected chi connectivity index (χ2v) is 6.42. The van der Waals surface area contributed by atoms with Crippen LogP contribution in [0.4, 0.5) is 5.82 Å². The molecule has 21 heavy (non-hydrogen) atoms. The number of hydrogen-bond acceptors (Lipinski definition) is 2. The Morgan fingerprint density at radius 1 is 1.14 bits per heavy atom. The molecule has 0 saturated heterocycles. The first kappa shape index (κ1) is 12.8. The van der Waals surface area contributed by atoms with Gasteiger partial charge in [-0.3, -0.25) is 0 Å². The summed E-state index contributed by atoms with van der Waals surface area (Å²) in [6.07, 6.45) is 3.03. The normalized spacial score (nSPS) is 16.3. The van der Waals surface area contributed by atoms with Gasteiger partial charge in [0.1, 0.15) is 5.82 Å². The number of nitrogens with zero attached hydrogens (tertiary/aromatic N) is 1. The smallest absolute Gasteiger partial charge is 0.133 e. The van der Waals surface area contributed by atoms with E-state index in [0.29, 0.717) is 5.92 Å². The summed E-state index contributed by atoms with van der Waals surface area (Å²) in [6.45, 7) is 0.940. The number of aromatic nitrogens is 1. The van der Waals surface area contributed by atoms with E-state index in [1.165, 1.54) is 21.9 Å². The van der Waals surface area contributed by atoms with E-state index in [9.17, 15) is 0 Å². The van der Waals surface area contributed by atoms with E-state index in [2.05, 4.69) is 68.7 Å². The van der Waals surface area contributed by atoms with Crippen molar-refractivity contribution in [2.24, 2.45) is 0 Å². The van der Waals surface area contributed by atoms with Crippen molar-refractivity contribution < 1.29 is 0 Å². The zero-order valence-electron chi connectivity index (χ0n) is 11.5. The van der Waals surface area contributed by atoms with Crippen molar-refractivity contribution in [1.29, 1.82) is 0 Å². The van der Waals surface area contributed by atoms with Gasteiger partial charge in [0, 0.05) is 28.5 Å².